The van der Waals surface area contributed by atoms with Crippen LogP contribution in [-0.4, -0.2) is 10.9 Å². The van der Waals surface area contributed by atoms with Crippen molar-refractivity contribution >= 4 is 17.4 Å². The Bertz CT molecular complexity index is 979. The minimum atomic E-state index is -0.283. The maximum Gasteiger partial charge on any atom is 0.261 e. The van der Waals surface area contributed by atoms with E-state index < -0.39 is 0 Å². The van der Waals surface area contributed by atoms with E-state index in [2.05, 4.69) is 42.3 Å². The molecule has 1 aromatic heterocycles. The quantitative estimate of drug-likeness (QED) is 0.744. The third-order valence-electron chi connectivity index (χ3n) is 4.79. The van der Waals surface area contributed by atoms with E-state index in [-0.39, 0.29) is 12.1 Å². The highest BCUT2D eigenvalue weighted by Gasteiger charge is 2.38. The molecule has 2 heterocycles. The van der Waals surface area contributed by atoms with Crippen LogP contribution in [0.5, 0.6) is 0 Å². The molecule has 1 amide bonds. The summed E-state index contributed by atoms with van der Waals surface area (Å²) in [7, 11) is 0. The smallest absolute Gasteiger partial charge is 0.261 e. The van der Waals surface area contributed by atoms with Crippen molar-refractivity contribution in [3.05, 3.63) is 88.6 Å². The van der Waals surface area contributed by atoms with Gasteiger partial charge in [-0.3, -0.25) is 9.69 Å². The number of hydrogen-bond acceptors (Lipinski definition) is 3. The lowest BCUT2D eigenvalue weighted by molar-refractivity contribution is 0.0992. The predicted molar refractivity (Wildman–Crippen MR) is 105 cm³/mol. The summed E-state index contributed by atoms with van der Waals surface area (Å²) >= 11 is 0. The molecule has 0 spiro atoms. The SMILES string of the molecule is Cc1ccc(N2C(=O)c3ccccc3[C@@H]2Nc2cc(C)ccc2C)nc1. The van der Waals surface area contributed by atoms with Crippen molar-refractivity contribution in [2.45, 2.75) is 26.9 Å². The normalized spacial score (nSPS) is 15.9. The van der Waals surface area contributed by atoms with Gasteiger partial charge in [-0.25, -0.2) is 4.98 Å². The number of carbonyl (C=O) groups excluding carboxylic acids is 1. The molecule has 0 aliphatic carbocycles. The van der Waals surface area contributed by atoms with E-state index in [1.807, 2.05) is 43.3 Å². The van der Waals surface area contributed by atoms with Gasteiger partial charge in [-0.2, -0.15) is 0 Å². The molecule has 26 heavy (non-hydrogen) atoms. The number of nitrogens with one attached hydrogen (secondary N) is 1. The molecular formula is C22H21N3O. The second-order valence-corrected chi connectivity index (χ2v) is 6.82. The Balaban J connectivity index is 1.80. The number of aromatic nitrogens is 1. The number of nitrogens with zero attached hydrogens (tertiary/aromatic N) is 2. The van der Waals surface area contributed by atoms with Gasteiger partial charge in [-0.05, 0) is 55.7 Å². The summed E-state index contributed by atoms with van der Waals surface area (Å²) in [4.78, 5) is 19.3. The van der Waals surface area contributed by atoms with Crippen molar-refractivity contribution in [2.24, 2.45) is 0 Å². The molecule has 3 aromatic rings. The van der Waals surface area contributed by atoms with E-state index in [0.717, 1.165) is 27.9 Å². The lowest BCUT2D eigenvalue weighted by Crippen LogP contribution is -2.33. The van der Waals surface area contributed by atoms with E-state index in [1.54, 1.807) is 11.1 Å². The van der Waals surface area contributed by atoms with E-state index in [9.17, 15) is 4.79 Å². The minimum absolute atomic E-state index is 0.0280. The summed E-state index contributed by atoms with van der Waals surface area (Å²) < 4.78 is 0. The molecule has 0 radical (unpaired) electrons. The van der Waals surface area contributed by atoms with Crippen LogP contribution < -0.4 is 10.2 Å². The highest BCUT2D eigenvalue weighted by Crippen LogP contribution is 2.37. The molecule has 1 atom stereocenters. The summed E-state index contributed by atoms with van der Waals surface area (Å²) in [6.07, 6.45) is 1.51. The van der Waals surface area contributed by atoms with Gasteiger partial charge < -0.3 is 5.32 Å². The Hall–Kier alpha value is -3.14. The first-order valence-corrected chi connectivity index (χ1v) is 8.73. The minimum Gasteiger partial charge on any atom is -0.361 e. The first-order valence-electron chi connectivity index (χ1n) is 8.73. The predicted octanol–water partition coefficient (Wildman–Crippen LogP) is 4.78. The van der Waals surface area contributed by atoms with Crippen LogP contribution in [0.3, 0.4) is 0 Å². The molecule has 130 valence electrons. The molecule has 0 fully saturated rings. The van der Waals surface area contributed by atoms with Crippen LogP contribution in [0, 0.1) is 20.8 Å². The molecule has 4 rings (SSSR count). The molecule has 0 bridgehead atoms. The lowest BCUT2D eigenvalue weighted by Gasteiger charge is -2.27. The number of rotatable bonds is 3. The number of fused-ring (bicyclic) bond motifs is 1. The fourth-order valence-electron chi connectivity index (χ4n) is 3.34. The summed E-state index contributed by atoms with van der Waals surface area (Å²) in [5.41, 5.74) is 6.10. The van der Waals surface area contributed by atoms with Gasteiger partial charge in [0.15, 0.2) is 0 Å². The van der Waals surface area contributed by atoms with Gasteiger partial charge in [-0.1, -0.05) is 36.4 Å². The topological polar surface area (TPSA) is 45.2 Å². The fourth-order valence-corrected chi connectivity index (χ4v) is 3.34. The van der Waals surface area contributed by atoms with Crippen LogP contribution in [0.4, 0.5) is 11.5 Å². The number of aryl methyl sites for hydroxylation is 3. The Kier molecular flexibility index (Phi) is 3.96. The van der Waals surface area contributed by atoms with Crippen LogP contribution in [0.25, 0.3) is 0 Å². The number of pyridine rings is 1. The molecule has 1 aliphatic heterocycles. The molecule has 1 aliphatic rings. The highest BCUT2D eigenvalue weighted by atomic mass is 16.2. The van der Waals surface area contributed by atoms with Gasteiger partial charge in [0.1, 0.15) is 12.0 Å². The monoisotopic (exact) mass is 343 g/mol. The molecule has 0 saturated carbocycles. The average molecular weight is 343 g/mol. The summed E-state index contributed by atoms with van der Waals surface area (Å²) in [5.74, 6) is 0.624. The van der Waals surface area contributed by atoms with Crippen molar-refractivity contribution in [1.29, 1.82) is 0 Å². The first kappa shape index (κ1) is 16.3. The summed E-state index contributed by atoms with van der Waals surface area (Å²) in [6.45, 7) is 6.12. The Morgan fingerprint density at radius 3 is 2.50 bits per heavy atom. The third-order valence-corrected chi connectivity index (χ3v) is 4.79. The highest BCUT2D eigenvalue weighted by molar-refractivity contribution is 6.11. The Morgan fingerprint density at radius 1 is 0.962 bits per heavy atom. The maximum absolute atomic E-state index is 13.1. The number of amides is 1. The van der Waals surface area contributed by atoms with Crippen LogP contribution in [0.1, 0.15) is 38.8 Å². The van der Waals surface area contributed by atoms with Gasteiger partial charge in [0, 0.05) is 23.0 Å². The van der Waals surface area contributed by atoms with Crippen molar-refractivity contribution in [3.63, 3.8) is 0 Å². The second kappa shape index (κ2) is 6.30. The van der Waals surface area contributed by atoms with Crippen LogP contribution >= 0.6 is 0 Å². The Labute approximate surface area is 153 Å². The standard InChI is InChI=1S/C22H21N3O/c1-14-8-10-16(3)19(12-14)24-21-17-6-4-5-7-18(17)22(26)25(21)20-11-9-15(2)13-23-20/h4-13,21,24H,1-3H3/t21-/m1/s1. The van der Waals surface area contributed by atoms with Crippen LogP contribution in [0.15, 0.2) is 60.8 Å². The van der Waals surface area contributed by atoms with Crippen molar-refractivity contribution < 1.29 is 4.79 Å². The van der Waals surface area contributed by atoms with Gasteiger partial charge in [0.2, 0.25) is 0 Å². The maximum atomic E-state index is 13.1. The van der Waals surface area contributed by atoms with E-state index >= 15 is 0 Å². The Morgan fingerprint density at radius 2 is 1.73 bits per heavy atom. The average Bonchev–Trinajstić information content (AvgIpc) is 2.92. The van der Waals surface area contributed by atoms with E-state index in [0.29, 0.717) is 5.82 Å². The molecular weight excluding hydrogens is 322 g/mol. The summed E-state index contributed by atoms with van der Waals surface area (Å²) in [5, 5.41) is 3.56. The number of carbonyl (C=O) groups is 1. The number of benzene rings is 2. The molecule has 4 nitrogen and oxygen atoms in total. The zero-order chi connectivity index (χ0) is 18.3. The van der Waals surface area contributed by atoms with Gasteiger partial charge in [0.25, 0.3) is 5.91 Å². The molecule has 2 aromatic carbocycles. The van der Waals surface area contributed by atoms with E-state index in [1.165, 1.54) is 5.56 Å². The zero-order valence-electron chi connectivity index (χ0n) is 15.2. The third kappa shape index (κ3) is 2.73. The molecule has 0 unspecified atom stereocenters. The number of anilines is 2. The first-order chi connectivity index (χ1) is 12.5. The van der Waals surface area contributed by atoms with Gasteiger partial charge in [-0.15, -0.1) is 0 Å². The largest absolute Gasteiger partial charge is 0.361 e. The second-order valence-electron chi connectivity index (χ2n) is 6.82. The van der Waals surface area contributed by atoms with Gasteiger partial charge in [0.05, 0.1) is 0 Å². The van der Waals surface area contributed by atoms with Gasteiger partial charge >= 0.3 is 0 Å². The van der Waals surface area contributed by atoms with Crippen LogP contribution in [0.2, 0.25) is 0 Å². The van der Waals surface area contributed by atoms with Crippen LogP contribution in [-0.2, 0) is 0 Å². The molecule has 1 N–H and O–H groups in total. The molecule has 0 saturated heterocycles. The molecule has 4 heteroatoms. The zero-order valence-corrected chi connectivity index (χ0v) is 15.2. The van der Waals surface area contributed by atoms with E-state index in [4.69, 9.17) is 0 Å². The van der Waals surface area contributed by atoms with Crippen molar-refractivity contribution in [3.8, 4) is 0 Å². The summed E-state index contributed by atoms with van der Waals surface area (Å²) in [6, 6.07) is 17.9. The lowest BCUT2D eigenvalue weighted by atomic mass is 10.1. The fraction of sp³-hybridized carbons (Fsp3) is 0.182. The van der Waals surface area contributed by atoms with Crippen molar-refractivity contribution in [1.82, 2.24) is 4.98 Å². The van der Waals surface area contributed by atoms with Crippen molar-refractivity contribution in [2.75, 3.05) is 10.2 Å². The number of hydrogen-bond donors (Lipinski definition) is 1.